The van der Waals surface area contributed by atoms with Crippen LogP contribution in [0.25, 0.3) is 0 Å². The average Bonchev–Trinajstić information content (AvgIpc) is 2.42. The number of carboxylic acids is 1. The highest BCUT2D eigenvalue weighted by Gasteiger charge is 2.18. The molecular weight excluding hydrogens is 302 g/mol. The van der Waals surface area contributed by atoms with Crippen LogP contribution in [0.1, 0.15) is 28.9 Å². The van der Waals surface area contributed by atoms with Crippen LogP contribution in [0.15, 0.2) is 30.3 Å². The molecule has 2 aromatic rings. The van der Waals surface area contributed by atoms with Crippen molar-refractivity contribution in [2.75, 3.05) is 5.32 Å². The summed E-state index contributed by atoms with van der Waals surface area (Å²) in [5.41, 5.74) is -0.133. The van der Waals surface area contributed by atoms with Gasteiger partial charge in [-0.15, -0.1) is 0 Å². The monoisotopic (exact) mass is 312 g/mol. The molecule has 1 aromatic heterocycles. The summed E-state index contributed by atoms with van der Waals surface area (Å²) < 4.78 is 27.3. The Bertz CT molecular complexity index is 695. The fourth-order valence-electron chi connectivity index (χ4n) is 1.83. The Labute approximate surface area is 124 Å². The van der Waals surface area contributed by atoms with Crippen LogP contribution in [-0.4, -0.2) is 16.1 Å². The van der Waals surface area contributed by atoms with Crippen molar-refractivity contribution in [3.63, 3.8) is 0 Å². The molecule has 0 unspecified atom stereocenters. The number of carbonyl (C=O) groups is 1. The number of anilines is 1. The Morgan fingerprint density at radius 2 is 2.05 bits per heavy atom. The van der Waals surface area contributed by atoms with Crippen molar-refractivity contribution in [3.8, 4) is 0 Å². The van der Waals surface area contributed by atoms with E-state index in [4.69, 9.17) is 16.7 Å². The van der Waals surface area contributed by atoms with Gasteiger partial charge in [0, 0.05) is 5.02 Å². The minimum Gasteiger partial charge on any atom is -0.478 e. The molecule has 7 heteroatoms. The van der Waals surface area contributed by atoms with Crippen LogP contribution in [0.2, 0.25) is 5.02 Å². The number of halogens is 3. The summed E-state index contributed by atoms with van der Waals surface area (Å²) in [5, 5.41) is 11.8. The van der Waals surface area contributed by atoms with Crippen LogP contribution in [0.3, 0.4) is 0 Å². The predicted octanol–water partition coefficient (Wildman–Crippen LogP) is 3.88. The highest BCUT2D eigenvalue weighted by Crippen LogP contribution is 2.26. The van der Waals surface area contributed by atoms with Gasteiger partial charge in [0.25, 0.3) is 0 Å². The Morgan fingerprint density at radius 1 is 1.38 bits per heavy atom. The first-order chi connectivity index (χ1) is 9.90. The van der Waals surface area contributed by atoms with Crippen LogP contribution in [0, 0.1) is 11.8 Å². The number of benzene rings is 1. The lowest BCUT2D eigenvalue weighted by Crippen LogP contribution is -2.13. The molecule has 0 amide bonds. The predicted molar refractivity (Wildman–Crippen MR) is 74.6 cm³/mol. The lowest BCUT2D eigenvalue weighted by Gasteiger charge is -2.17. The maximum absolute atomic E-state index is 13.8. The smallest absolute Gasteiger partial charge is 0.340 e. The maximum Gasteiger partial charge on any atom is 0.340 e. The van der Waals surface area contributed by atoms with Gasteiger partial charge in [-0.2, -0.15) is 9.37 Å². The van der Waals surface area contributed by atoms with Crippen molar-refractivity contribution >= 4 is 23.4 Å². The summed E-state index contributed by atoms with van der Waals surface area (Å²) in [6.07, 6.45) is 0. The standard InChI is InChI=1S/C14H11ClF2N2O2/c1-7(8-4-2-3-5-10(8)15)18-13-11(16)6-9(14(20)21)12(17)19-13/h2-7H,1H3,(H,18,19)(H,20,21)/t7-/m0/s1. The number of nitrogens with one attached hydrogen (secondary N) is 1. The molecule has 0 aliphatic heterocycles. The zero-order chi connectivity index (χ0) is 15.6. The molecule has 0 aliphatic carbocycles. The number of nitrogens with zero attached hydrogens (tertiary/aromatic N) is 1. The van der Waals surface area contributed by atoms with Gasteiger partial charge in [0.05, 0.1) is 6.04 Å². The highest BCUT2D eigenvalue weighted by molar-refractivity contribution is 6.31. The summed E-state index contributed by atoms with van der Waals surface area (Å²) in [6, 6.07) is 7.07. The van der Waals surface area contributed by atoms with E-state index in [1.165, 1.54) is 0 Å². The summed E-state index contributed by atoms with van der Waals surface area (Å²) in [7, 11) is 0. The average molecular weight is 313 g/mol. The molecule has 1 atom stereocenters. The molecule has 4 nitrogen and oxygen atoms in total. The topological polar surface area (TPSA) is 62.2 Å². The summed E-state index contributed by atoms with van der Waals surface area (Å²) in [5.74, 6) is -4.15. The van der Waals surface area contributed by atoms with Crippen LogP contribution in [0.4, 0.5) is 14.6 Å². The van der Waals surface area contributed by atoms with Crippen molar-refractivity contribution in [2.45, 2.75) is 13.0 Å². The first-order valence-corrected chi connectivity index (χ1v) is 6.38. The molecule has 0 saturated carbocycles. The van der Waals surface area contributed by atoms with E-state index in [1.54, 1.807) is 31.2 Å². The molecule has 0 aliphatic rings. The first-order valence-electron chi connectivity index (χ1n) is 6.00. The van der Waals surface area contributed by atoms with Gasteiger partial charge in [-0.25, -0.2) is 9.18 Å². The van der Waals surface area contributed by atoms with E-state index in [9.17, 15) is 13.6 Å². The largest absolute Gasteiger partial charge is 0.478 e. The van der Waals surface area contributed by atoms with Crippen molar-refractivity contribution in [1.29, 1.82) is 0 Å². The van der Waals surface area contributed by atoms with Gasteiger partial charge in [-0.1, -0.05) is 29.8 Å². The molecular formula is C14H11ClF2N2O2. The van der Waals surface area contributed by atoms with E-state index in [1.807, 2.05) is 0 Å². The Balaban J connectivity index is 2.30. The second-order valence-electron chi connectivity index (χ2n) is 4.35. The molecule has 0 spiro atoms. The minimum atomic E-state index is -1.58. The number of hydrogen-bond donors (Lipinski definition) is 2. The molecule has 2 rings (SSSR count). The van der Waals surface area contributed by atoms with Gasteiger partial charge >= 0.3 is 5.97 Å². The van der Waals surface area contributed by atoms with E-state index >= 15 is 0 Å². The lowest BCUT2D eigenvalue weighted by atomic mass is 10.1. The molecule has 0 bridgehead atoms. The van der Waals surface area contributed by atoms with Gasteiger partial charge in [-0.3, -0.25) is 0 Å². The van der Waals surface area contributed by atoms with E-state index < -0.39 is 29.3 Å². The van der Waals surface area contributed by atoms with Crippen LogP contribution < -0.4 is 5.32 Å². The minimum absolute atomic E-state index is 0.370. The van der Waals surface area contributed by atoms with E-state index in [0.717, 1.165) is 0 Å². The Morgan fingerprint density at radius 3 is 2.67 bits per heavy atom. The van der Waals surface area contributed by atoms with Gasteiger partial charge in [0.15, 0.2) is 11.6 Å². The summed E-state index contributed by atoms with van der Waals surface area (Å²) in [6.45, 7) is 1.70. The first kappa shape index (κ1) is 15.2. The van der Waals surface area contributed by atoms with E-state index in [2.05, 4.69) is 10.3 Å². The third kappa shape index (κ3) is 3.28. The highest BCUT2D eigenvalue weighted by atomic mass is 35.5. The number of pyridine rings is 1. The van der Waals surface area contributed by atoms with Crippen LogP contribution in [-0.2, 0) is 0 Å². The van der Waals surface area contributed by atoms with Gasteiger partial charge in [-0.05, 0) is 24.6 Å². The van der Waals surface area contributed by atoms with E-state index in [-0.39, 0.29) is 5.82 Å². The van der Waals surface area contributed by atoms with E-state index in [0.29, 0.717) is 16.7 Å². The second kappa shape index (κ2) is 6.05. The van der Waals surface area contributed by atoms with Crippen molar-refractivity contribution in [1.82, 2.24) is 4.98 Å². The molecule has 0 fully saturated rings. The quantitative estimate of drug-likeness (QED) is 0.841. The Kier molecular flexibility index (Phi) is 4.37. The molecule has 0 saturated heterocycles. The number of carboxylic acid groups (broad SMARTS) is 1. The van der Waals surface area contributed by atoms with Gasteiger partial charge in [0.2, 0.25) is 5.95 Å². The number of rotatable bonds is 4. The fourth-order valence-corrected chi connectivity index (χ4v) is 2.13. The molecule has 1 heterocycles. The third-order valence-corrected chi connectivity index (χ3v) is 3.23. The normalized spacial score (nSPS) is 12.0. The molecule has 21 heavy (non-hydrogen) atoms. The van der Waals surface area contributed by atoms with Crippen molar-refractivity contribution in [3.05, 3.63) is 58.2 Å². The van der Waals surface area contributed by atoms with Crippen LogP contribution >= 0.6 is 11.6 Å². The van der Waals surface area contributed by atoms with Crippen LogP contribution in [0.5, 0.6) is 0 Å². The zero-order valence-electron chi connectivity index (χ0n) is 10.9. The second-order valence-corrected chi connectivity index (χ2v) is 4.76. The molecule has 2 N–H and O–H groups in total. The van der Waals surface area contributed by atoms with Crippen molar-refractivity contribution in [2.24, 2.45) is 0 Å². The summed E-state index contributed by atoms with van der Waals surface area (Å²) >= 11 is 6.02. The fraction of sp³-hybridized carbons (Fsp3) is 0.143. The zero-order valence-corrected chi connectivity index (χ0v) is 11.7. The number of hydrogen-bond acceptors (Lipinski definition) is 3. The maximum atomic E-state index is 13.8. The molecule has 1 aromatic carbocycles. The lowest BCUT2D eigenvalue weighted by molar-refractivity contribution is 0.0690. The third-order valence-electron chi connectivity index (χ3n) is 2.88. The summed E-state index contributed by atoms with van der Waals surface area (Å²) in [4.78, 5) is 14.0. The Hall–Kier alpha value is -2.21. The number of aromatic carboxylic acids is 1. The SMILES string of the molecule is C[C@H](Nc1nc(F)c(C(=O)O)cc1F)c1ccccc1Cl. The molecule has 0 radical (unpaired) electrons. The van der Waals surface area contributed by atoms with Gasteiger partial charge in [0.1, 0.15) is 5.56 Å². The molecule has 110 valence electrons. The number of aromatic nitrogens is 1. The van der Waals surface area contributed by atoms with Gasteiger partial charge < -0.3 is 10.4 Å². The van der Waals surface area contributed by atoms with Crippen molar-refractivity contribution < 1.29 is 18.7 Å².